The highest BCUT2D eigenvalue weighted by Crippen LogP contribution is 2.11. The van der Waals surface area contributed by atoms with E-state index < -0.39 is 0 Å². The van der Waals surface area contributed by atoms with Crippen LogP contribution in [0.1, 0.15) is 26.3 Å². The second kappa shape index (κ2) is 11.2. The number of aryl methyl sites for hydroxylation is 1. The van der Waals surface area contributed by atoms with Crippen LogP contribution in [0.3, 0.4) is 0 Å². The van der Waals surface area contributed by atoms with Crippen molar-refractivity contribution in [1.29, 1.82) is 0 Å². The highest BCUT2D eigenvalue weighted by molar-refractivity contribution is 5.94. The van der Waals surface area contributed by atoms with Crippen LogP contribution < -0.4 is 10.6 Å². The summed E-state index contributed by atoms with van der Waals surface area (Å²) < 4.78 is 5.05. The molecule has 2 rings (SSSR count). The lowest BCUT2D eigenvalue weighted by Gasteiger charge is -2.35. The normalized spacial score (nSPS) is 14.6. The highest BCUT2D eigenvalue weighted by Gasteiger charge is 2.23. The Morgan fingerprint density at radius 2 is 1.82 bits per heavy atom. The number of guanidine groups is 1. The van der Waals surface area contributed by atoms with Crippen molar-refractivity contribution in [2.75, 3.05) is 51.2 Å². The zero-order chi connectivity index (χ0) is 20.4. The van der Waals surface area contributed by atoms with Crippen LogP contribution in [0.25, 0.3) is 0 Å². The van der Waals surface area contributed by atoms with E-state index in [4.69, 9.17) is 4.74 Å². The van der Waals surface area contributed by atoms with Gasteiger partial charge in [-0.25, -0.2) is 9.79 Å². The van der Waals surface area contributed by atoms with Crippen LogP contribution in [0.5, 0.6) is 0 Å². The van der Waals surface area contributed by atoms with E-state index in [0.29, 0.717) is 45.3 Å². The minimum atomic E-state index is -0.280. The Hall–Kier alpha value is -2.77. The number of hydrogen-bond acceptors (Lipinski definition) is 4. The molecule has 1 aromatic rings. The predicted molar refractivity (Wildman–Crippen MR) is 111 cm³/mol. The Bertz CT molecular complexity index is 684. The van der Waals surface area contributed by atoms with E-state index >= 15 is 0 Å². The number of hydrogen-bond donors (Lipinski definition) is 2. The number of amides is 2. The van der Waals surface area contributed by atoms with Gasteiger partial charge < -0.3 is 25.2 Å². The van der Waals surface area contributed by atoms with E-state index in [0.717, 1.165) is 12.1 Å². The van der Waals surface area contributed by atoms with Gasteiger partial charge in [0.15, 0.2) is 5.96 Å². The number of piperazine rings is 1. The number of benzene rings is 1. The van der Waals surface area contributed by atoms with Gasteiger partial charge in [-0.3, -0.25) is 4.79 Å². The fourth-order valence-corrected chi connectivity index (χ4v) is 2.96. The van der Waals surface area contributed by atoms with Crippen molar-refractivity contribution >= 4 is 23.6 Å². The third-order valence-electron chi connectivity index (χ3n) is 4.43. The van der Waals surface area contributed by atoms with Gasteiger partial charge in [0.25, 0.3) is 0 Å². The zero-order valence-electron chi connectivity index (χ0n) is 17.0. The Labute approximate surface area is 166 Å². The maximum absolute atomic E-state index is 12.3. The molecule has 1 aliphatic heterocycles. The van der Waals surface area contributed by atoms with Crippen molar-refractivity contribution in [3.05, 3.63) is 29.8 Å². The van der Waals surface area contributed by atoms with Crippen LogP contribution in [0, 0.1) is 0 Å². The van der Waals surface area contributed by atoms with E-state index in [1.54, 1.807) is 11.8 Å². The van der Waals surface area contributed by atoms with Gasteiger partial charge in [0.2, 0.25) is 5.91 Å². The summed E-state index contributed by atoms with van der Waals surface area (Å²) in [7, 11) is 0. The first-order chi connectivity index (χ1) is 13.6. The Kier molecular flexibility index (Phi) is 8.58. The minimum Gasteiger partial charge on any atom is -0.450 e. The minimum absolute atomic E-state index is 0.0385. The first-order valence-corrected chi connectivity index (χ1v) is 9.91. The van der Waals surface area contributed by atoms with Gasteiger partial charge in [-0.05, 0) is 38.0 Å². The van der Waals surface area contributed by atoms with Gasteiger partial charge >= 0.3 is 6.09 Å². The summed E-state index contributed by atoms with van der Waals surface area (Å²) in [6.07, 6.45) is 0.641. The van der Waals surface area contributed by atoms with Gasteiger partial charge in [0.1, 0.15) is 6.54 Å². The van der Waals surface area contributed by atoms with E-state index in [1.807, 2.05) is 31.2 Å². The average molecular weight is 390 g/mol. The third-order valence-corrected chi connectivity index (χ3v) is 4.43. The molecule has 28 heavy (non-hydrogen) atoms. The topological polar surface area (TPSA) is 86.3 Å². The number of nitrogens with one attached hydrogen (secondary N) is 2. The fraction of sp³-hybridized carbons (Fsp3) is 0.550. The van der Waals surface area contributed by atoms with Crippen molar-refractivity contribution in [3.8, 4) is 0 Å². The molecule has 1 saturated heterocycles. The van der Waals surface area contributed by atoms with Crippen LogP contribution in [0.15, 0.2) is 29.3 Å². The van der Waals surface area contributed by atoms with Gasteiger partial charge in [-0.1, -0.05) is 19.1 Å². The van der Waals surface area contributed by atoms with Crippen LogP contribution in [0.2, 0.25) is 0 Å². The molecule has 0 unspecified atom stereocenters. The zero-order valence-corrected chi connectivity index (χ0v) is 17.0. The molecule has 0 radical (unpaired) electrons. The van der Waals surface area contributed by atoms with Gasteiger partial charge in [-0.2, -0.15) is 0 Å². The lowest BCUT2D eigenvalue weighted by molar-refractivity contribution is -0.114. The Morgan fingerprint density at radius 1 is 1.11 bits per heavy atom. The first-order valence-electron chi connectivity index (χ1n) is 9.91. The summed E-state index contributed by atoms with van der Waals surface area (Å²) in [4.78, 5) is 32.3. The van der Waals surface area contributed by atoms with E-state index in [1.165, 1.54) is 5.56 Å². The summed E-state index contributed by atoms with van der Waals surface area (Å²) in [6.45, 7) is 9.41. The molecule has 0 bridgehead atoms. The molecule has 0 spiro atoms. The SMILES string of the molecule is CCNC(=NCC(=O)Nc1cccc(CC)c1)N1CCN(C(=O)OCC)CC1. The summed E-state index contributed by atoms with van der Waals surface area (Å²) in [5.41, 5.74) is 1.96. The van der Waals surface area contributed by atoms with Gasteiger partial charge in [0, 0.05) is 38.4 Å². The van der Waals surface area contributed by atoms with Gasteiger partial charge in [0.05, 0.1) is 6.61 Å². The lowest BCUT2D eigenvalue weighted by atomic mass is 10.1. The maximum atomic E-state index is 12.3. The van der Waals surface area contributed by atoms with Crippen LogP contribution >= 0.6 is 0 Å². The standard InChI is InChI=1S/C20H31N5O3/c1-4-16-8-7-9-17(14-16)23-18(26)15-22-19(21-5-2)24-10-12-25(13-11-24)20(27)28-6-3/h7-9,14H,4-6,10-13,15H2,1-3H3,(H,21,22)(H,23,26). The number of aliphatic imine (C=N–C) groups is 1. The number of carbonyl (C=O) groups is 2. The van der Waals surface area contributed by atoms with Gasteiger partial charge in [-0.15, -0.1) is 0 Å². The second-order valence-electron chi connectivity index (χ2n) is 6.45. The molecule has 8 heteroatoms. The molecular formula is C20H31N5O3. The molecule has 1 aliphatic rings. The van der Waals surface area contributed by atoms with Crippen molar-refractivity contribution < 1.29 is 14.3 Å². The van der Waals surface area contributed by atoms with E-state index in [9.17, 15) is 9.59 Å². The van der Waals surface area contributed by atoms with Crippen LogP contribution in [-0.2, 0) is 16.0 Å². The molecular weight excluding hydrogens is 358 g/mol. The Morgan fingerprint density at radius 3 is 2.46 bits per heavy atom. The molecule has 2 N–H and O–H groups in total. The molecule has 2 amide bonds. The highest BCUT2D eigenvalue weighted by atomic mass is 16.6. The quantitative estimate of drug-likeness (QED) is 0.574. The molecule has 154 valence electrons. The first kappa shape index (κ1) is 21.5. The molecule has 8 nitrogen and oxygen atoms in total. The summed E-state index contributed by atoms with van der Waals surface area (Å²) >= 11 is 0. The monoisotopic (exact) mass is 389 g/mol. The van der Waals surface area contributed by atoms with Crippen LogP contribution in [0.4, 0.5) is 10.5 Å². The lowest BCUT2D eigenvalue weighted by Crippen LogP contribution is -2.54. The number of carbonyl (C=O) groups excluding carboxylic acids is 2. The average Bonchev–Trinajstić information content (AvgIpc) is 2.71. The van der Waals surface area contributed by atoms with Crippen LogP contribution in [-0.4, -0.2) is 73.6 Å². The van der Waals surface area contributed by atoms with Crippen molar-refractivity contribution in [3.63, 3.8) is 0 Å². The van der Waals surface area contributed by atoms with Crippen molar-refractivity contribution in [2.45, 2.75) is 27.2 Å². The molecule has 0 atom stereocenters. The number of nitrogens with zero attached hydrogens (tertiary/aromatic N) is 3. The molecule has 0 saturated carbocycles. The molecule has 0 aromatic heterocycles. The van der Waals surface area contributed by atoms with E-state index in [2.05, 4.69) is 27.4 Å². The van der Waals surface area contributed by atoms with Crippen molar-refractivity contribution in [2.24, 2.45) is 4.99 Å². The predicted octanol–water partition coefficient (Wildman–Crippen LogP) is 1.93. The summed E-state index contributed by atoms with van der Waals surface area (Å²) in [6, 6.07) is 7.82. The molecule has 1 heterocycles. The van der Waals surface area contributed by atoms with E-state index in [-0.39, 0.29) is 18.5 Å². The smallest absolute Gasteiger partial charge is 0.409 e. The molecule has 1 fully saturated rings. The molecule has 1 aromatic carbocycles. The maximum Gasteiger partial charge on any atom is 0.409 e. The third kappa shape index (κ3) is 6.44. The number of anilines is 1. The summed E-state index contributed by atoms with van der Waals surface area (Å²) in [5.74, 6) is 0.525. The second-order valence-corrected chi connectivity index (χ2v) is 6.45. The molecule has 0 aliphatic carbocycles. The van der Waals surface area contributed by atoms with Crippen molar-refractivity contribution in [1.82, 2.24) is 15.1 Å². The summed E-state index contributed by atoms with van der Waals surface area (Å²) in [5, 5.41) is 6.11. The Balaban J connectivity index is 1.91. The fourth-order valence-electron chi connectivity index (χ4n) is 2.96. The number of ether oxygens (including phenoxy) is 1. The largest absolute Gasteiger partial charge is 0.450 e. The number of rotatable bonds is 6.